The van der Waals surface area contributed by atoms with Crippen LogP contribution in [-0.2, 0) is 11.2 Å². The molecule has 3 rings (SSSR count). The van der Waals surface area contributed by atoms with E-state index >= 15 is 0 Å². The zero-order chi connectivity index (χ0) is 16.8. The van der Waals surface area contributed by atoms with Gasteiger partial charge in [0.15, 0.2) is 0 Å². The van der Waals surface area contributed by atoms with Crippen LogP contribution in [0, 0.1) is 0 Å². The van der Waals surface area contributed by atoms with E-state index in [1.165, 1.54) is 16.9 Å². The molecule has 4 nitrogen and oxygen atoms in total. The molecule has 2 aromatic carbocycles. The number of nitrogens with zero attached hydrogens (tertiary/aromatic N) is 2. The van der Waals surface area contributed by atoms with Crippen molar-refractivity contribution >= 4 is 22.4 Å². The third kappa shape index (κ3) is 4.06. The monoisotopic (exact) mass is 337 g/mol. The summed E-state index contributed by atoms with van der Waals surface area (Å²) in [6.07, 6.45) is 1.47. The molecule has 1 amide bonds. The second-order valence-corrected chi connectivity index (χ2v) is 6.59. The Morgan fingerprint density at radius 2 is 1.71 bits per heavy atom. The van der Waals surface area contributed by atoms with Gasteiger partial charge in [-0.2, -0.15) is 0 Å². The van der Waals surface area contributed by atoms with Crippen LogP contribution < -0.4 is 5.32 Å². The predicted molar refractivity (Wildman–Crippen MR) is 97.3 cm³/mol. The lowest BCUT2D eigenvalue weighted by Gasteiger charge is -2.13. The Hall–Kier alpha value is -2.53. The van der Waals surface area contributed by atoms with Crippen LogP contribution in [0.4, 0.5) is 5.13 Å². The van der Waals surface area contributed by atoms with Crippen LogP contribution in [-0.4, -0.2) is 16.1 Å². The first-order chi connectivity index (χ1) is 11.8. The zero-order valence-corrected chi connectivity index (χ0v) is 14.3. The van der Waals surface area contributed by atoms with Crippen LogP contribution in [0.3, 0.4) is 0 Å². The summed E-state index contributed by atoms with van der Waals surface area (Å²) >= 11 is 1.42. The van der Waals surface area contributed by atoms with E-state index in [9.17, 15) is 4.79 Å². The van der Waals surface area contributed by atoms with E-state index in [4.69, 9.17) is 0 Å². The maximum atomic E-state index is 12.5. The molecule has 0 aliphatic rings. The molecule has 0 fully saturated rings. The molecule has 3 aromatic rings. The van der Waals surface area contributed by atoms with Crippen molar-refractivity contribution in [2.24, 2.45) is 0 Å². The van der Waals surface area contributed by atoms with Crippen LogP contribution in [0.5, 0.6) is 0 Å². The van der Waals surface area contributed by atoms with Gasteiger partial charge in [0.25, 0.3) is 0 Å². The Morgan fingerprint density at radius 3 is 2.38 bits per heavy atom. The molecule has 0 radical (unpaired) electrons. The van der Waals surface area contributed by atoms with Gasteiger partial charge in [0, 0.05) is 6.42 Å². The van der Waals surface area contributed by atoms with E-state index in [0.29, 0.717) is 5.13 Å². The van der Waals surface area contributed by atoms with Gasteiger partial charge in [0.2, 0.25) is 11.0 Å². The first-order valence-electron chi connectivity index (χ1n) is 7.98. The molecule has 1 heterocycles. The van der Waals surface area contributed by atoms with Crippen molar-refractivity contribution in [2.45, 2.75) is 25.7 Å². The number of aromatic nitrogens is 2. The molecule has 0 saturated carbocycles. The zero-order valence-electron chi connectivity index (χ0n) is 13.5. The van der Waals surface area contributed by atoms with Gasteiger partial charge in [0.1, 0.15) is 5.01 Å². The third-order valence-electron chi connectivity index (χ3n) is 3.82. The van der Waals surface area contributed by atoms with Crippen molar-refractivity contribution in [3.63, 3.8) is 0 Å². The minimum Gasteiger partial charge on any atom is -0.300 e. The van der Waals surface area contributed by atoms with Crippen LogP contribution in [0.1, 0.15) is 35.4 Å². The van der Waals surface area contributed by atoms with Crippen LogP contribution in [0.15, 0.2) is 60.7 Å². The minimum absolute atomic E-state index is 0.0360. The number of nitrogens with one attached hydrogen (secondary N) is 1. The largest absolute Gasteiger partial charge is 0.300 e. The molecule has 1 atom stereocenters. The molecule has 1 aromatic heterocycles. The Kier molecular flexibility index (Phi) is 5.33. The molecule has 0 bridgehead atoms. The molecule has 0 aliphatic heterocycles. The molecule has 122 valence electrons. The summed E-state index contributed by atoms with van der Waals surface area (Å²) in [6.45, 7) is 2.01. The minimum atomic E-state index is -0.173. The fourth-order valence-electron chi connectivity index (χ4n) is 2.60. The molecule has 1 unspecified atom stereocenters. The number of amides is 1. The predicted octanol–water partition coefficient (Wildman–Crippen LogP) is 4.26. The number of rotatable bonds is 6. The smallest absolute Gasteiger partial charge is 0.233 e. The summed E-state index contributed by atoms with van der Waals surface area (Å²) in [5.41, 5.74) is 2.20. The highest BCUT2D eigenvalue weighted by Crippen LogP contribution is 2.23. The average molecular weight is 337 g/mol. The van der Waals surface area contributed by atoms with E-state index in [1.54, 1.807) is 0 Å². The SMILES string of the molecule is CCC(C(=O)Nc1nnc(Cc2ccccc2)s1)c1ccccc1. The van der Waals surface area contributed by atoms with Gasteiger partial charge in [-0.25, -0.2) is 0 Å². The summed E-state index contributed by atoms with van der Waals surface area (Å²) in [6, 6.07) is 19.9. The van der Waals surface area contributed by atoms with Crippen molar-refractivity contribution in [1.82, 2.24) is 10.2 Å². The molecule has 0 saturated heterocycles. The van der Waals surface area contributed by atoms with Crippen molar-refractivity contribution < 1.29 is 4.79 Å². The van der Waals surface area contributed by atoms with E-state index in [-0.39, 0.29) is 11.8 Å². The summed E-state index contributed by atoms with van der Waals surface area (Å²) in [5, 5.41) is 12.6. The normalized spacial score (nSPS) is 11.9. The highest BCUT2D eigenvalue weighted by atomic mass is 32.1. The summed E-state index contributed by atoms with van der Waals surface area (Å²) in [5.74, 6) is -0.209. The van der Waals surface area contributed by atoms with Gasteiger partial charge in [-0.1, -0.05) is 78.9 Å². The second-order valence-electron chi connectivity index (χ2n) is 5.52. The molecule has 5 heteroatoms. The highest BCUT2D eigenvalue weighted by Gasteiger charge is 2.20. The molecule has 0 aliphatic carbocycles. The maximum absolute atomic E-state index is 12.5. The van der Waals surface area contributed by atoms with Crippen molar-refractivity contribution in [3.8, 4) is 0 Å². The van der Waals surface area contributed by atoms with E-state index in [2.05, 4.69) is 27.6 Å². The Morgan fingerprint density at radius 1 is 1.04 bits per heavy atom. The first kappa shape index (κ1) is 16.3. The third-order valence-corrected chi connectivity index (χ3v) is 4.66. The topological polar surface area (TPSA) is 54.9 Å². The van der Waals surface area contributed by atoms with Crippen molar-refractivity contribution in [3.05, 3.63) is 76.8 Å². The number of hydrogen-bond acceptors (Lipinski definition) is 4. The van der Waals surface area contributed by atoms with Gasteiger partial charge in [-0.05, 0) is 17.5 Å². The summed E-state index contributed by atoms with van der Waals surface area (Å²) < 4.78 is 0. The number of anilines is 1. The fraction of sp³-hybridized carbons (Fsp3) is 0.211. The fourth-order valence-corrected chi connectivity index (χ4v) is 3.37. The lowest BCUT2D eigenvalue weighted by atomic mass is 9.96. The summed E-state index contributed by atoms with van der Waals surface area (Å²) in [7, 11) is 0. The van der Waals surface area contributed by atoms with Gasteiger partial charge in [0.05, 0.1) is 5.92 Å². The van der Waals surface area contributed by atoms with Gasteiger partial charge in [-0.15, -0.1) is 10.2 Å². The van der Waals surface area contributed by atoms with E-state index in [0.717, 1.165) is 23.4 Å². The average Bonchev–Trinajstić information content (AvgIpc) is 3.04. The van der Waals surface area contributed by atoms with Gasteiger partial charge < -0.3 is 0 Å². The summed E-state index contributed by atoms with van der Waals surface area (Å²) in [4.78, 5) is 12.5. The standard InChI is InChI=1S/C19H19N3OS/c1-2-16(15-11-7-4-8-12-15)18(23)20-19-22-21-17(24-19)13-14-9-5-3-6-10-14/h3-12,16H,2,13H2,1H3,(H,20,22,23). The Labute approximate surface area is 145 Å². The van der Waals surface area contributed by atoms with Crippen LogP contribution in [0.2, 0.25) is 0 Å². The maximum Gasteiger partial charge on any atom is 0.233 e. The van der Waals surface area contributed by atoms with Crippen LogP contribution in [0.25, 0.3) is 0 Å². The number of benzene rings is 2. The number of carbonyl (C=O) groups is 1. The lowest BCUT2D eigenvalue weighted by Crippen LogP contribution is -2.20. The first-order valence-corrected chi connectivity index (χ1v) is 8.80. The molecule has 0 spiro atoms. The molecular formula is C19H19N3OS. The van der Waals surface area contributed by atoms with E-state index < -0.39 is 0 Å². The number of carbonyl (C=O) groups excluding carboxylic acids is 1. The molecule has 24 heavy (non-hydrogen) atoms. The van der Waals surface area contributed by atoms with Gasteiger partial charge >= 0.3 is 0 Å². The van der Waals surface area contributed by atoms with Gasteiger partial charge in [-0.3, -0.25) is 10.1 Å². The Balaban J connectivity index is 1.66. The van der Waals surface area contributed by atoms with Crippen molar-refractivity contribution in [2.75, 3.05) is 5.32 Å². The quantitative estimate of drug-likeness (QED) is 0.731. The highest BCUT2D eigenvalue weighted by molar-refractivity contribution is 7.15. The van der Waals surface area contributed by atoms with E-state index in [1.807, 2.05) is 55.5 Å². The Bertz CT molecular complexity index is 787. The van der Waals surface area contributed by atoms with Crippen molar-refractivity contribution in [1.29, 1.82) is 0 Å². The molecule has 1 N–H and O–H groups in total. The van der Waals surface area contributed by atoms with Crippen LogP contribution >= 0.6 is 11.3 Å². The molecular weight excluding hydrogens is 318 g/mol. The second kappa shape index (κ2) is 7.84. The lowest BCUT2D eigenvalue weighted by molar-refractivity contribution is -0.117. The number of hydrogen-bond donors (Lipinski definition) is 1.